The first-order valence-electron chi connectivity index (χ1n) is 12.0. The van der Waals surface area contributed by atoms with Gasteiger partial charge >= 0.3 is 0 Å². The molecule has 5 rings (SSSR count). The lowest BCUT2D eigenvalue weighted by Crippen LogP contribution is -2.46. The quantitative estimate of drug-likeness (QED) is 0.493. The first-order chi connectivity index (χ1) is 18.1. The minimum absolute atomic E-state index is 0.282. The van der Waals surface area contributed by atoms with Crippen molar-refractivity contribution in [2.75, 3.05) is 64.5 Å². The molecule has 0 radical (unpaired) electrons. The Hall–Kier alpha value is -4.18. The van der Waals surface area contributed by atoms with Crippen molar-refractivity contribution >= 4 is 17.4 Å². The number of pyridine rings is 1. The minimum atomic E-state index is -0.322. The molecule has 1 N–H and O–H groups in total. The van der Waals surface area contributed by atoms with Gasteiger partial charge in [-0.15, -0.1) is 0 Å². The number of hydrogen-bond acceptors (Lipinski definition) is 9. The van der Waals surface area contributed by atoms with Gasteiger partial charge in [-0.05, 0) is 29.8 Å². The molecule has 1 fully saturated rings. The molecule has 10 nitrogen and oxygen atoms in total. The van der Waals surface area contributed by atoms with Crippen molar-refractivity contribution in [3.05, 3.63) is 59.8 Å². The van der Waals surface area contributed by atoms with Crippen molar-refractivity contribution < 1.29 is 28.5 Å². The maximum Gasteiger partial charge on any atom is 0.274 e. The molecule has 0 bridgehead atoms. The highest BCUT2D eigenvalue weighted by Crippen LogP contribution is 2.40. The molecule has 2 aliphatic heterocycles. The molecule has 0 spiro atoms. The number of carbonyl (C=O) groups is 1. The second-order valence-electron chi connectivity index (χ2n) is 8.70. The van der Waals surface area contributed by atoms with E-state index < -0.39 is 0 Å². The van der Waals surface area contributed by atoms with Crippen LogP contribution in [-0.2, 0) is 6.54 Å². The zero-order chi connectivity index (χ0) is 25.8. The largest absolute Gasteiger partial charge is 0.493 e. The summed E-state index contributed by atoms with van der Waals surface area (Å²) in [6.45, 7) is 4.53. The van der Waals surface area contributed by atoms with Crippen LogP contribution in [0, 0.1) is 0 Å². The van der Waals surface area contributed by atoms with E-state index in [1.807, 2.05) is 24.3 Å². The Morgan fingerprint density at radius 2 is 1.65 bits per heavy atom. The standard InChI is InChI=1S/C27H30N4O6/c1-33-23-14-19(15-24(34-2)26(23)35-3)28-27(32)20-5-4-6-25(29-20)31-11-9-30(10-12-31)16-18-7-8-21-22(13-18)37-17-36-21/h4-8,13-15H,9-12,16-17H2,1-3H3,(H,28,32). The van der Waals surface area contributed by atoms with Crippen LogP contribution in [0.4, 0.5) is 11.5 Å². The van der Waals surface area contributed by atoms with Gasteiger partial charge < -0.3 is 33.9 Å². The smallest absolute Gasteiger partial charge is 0.274 e. The van der Waals surface area contributed by atoms with Gasteiger partial charge in [0.15, 0.2) is 23.0 Å². The van der Waals surface area contributed by atoms with Gasteiger partial charge in [0, 0.05) is 50.5 Å². The van der Waals surface area contributed by atoms with Crippen LogP contribution in [0.3, 0.4) is 0 Å². The average Bonchev–Trinajstić information content (AvgIpc) is 3.41. The Kier molecular flexibility index (Phi) is 7.18. The second-order valence-corrected chi connectivity index (χ2v) is 8.70. The number of methoxy groups -OCH3 is 3. The van der Waals surface area contributed by atoms with E-state index in [2.05, 4.69) is 26.2 Å². The van der Waals surface area contributed by atoms with Gasteiger partial charge in [-0.1, -0.05) is 12.1 Å². The van der Waals surface area contributed by atoms with E-state index in [9.17, 15) is 4.79 Å². The van der Waals surface area contributed by atoms with Crippen LogP contribution in [-0.4, -0.2) is 70.1 Å². The van der Waals surface area contributed by atoms with Gasteiger partial charge in [0.2, 0.25) is 12.5 Å². The summed E-state index contributed by atoms with van der Waals surface area (Å²) >= 11 is 0. The molecule has 0 saturated carbocycles. The molecule has 2 aliphatic rings. The fraction of sp³-hybridized carbons (Fsp3) is 0.333. The van der Waals surface area contributed by atoms with E-state index in [-0.39, 0.29) is 12.7 Å². The third kappa shape index (κ3) is 5.34. The Labute approximate surface area is 215 Å². The zero-order valence-electron chi connectivity index (χ0n) is 21.2. The van der Waals surface area contributed by atoms with E-state index in [1.54, 1.807) is 18.2 Å². The number of piperazine rings is 1. The molecule has 3 aromatic rings. The topological polar surface area (TPSA) is 94.6 Å². The fourth-order valence-corrected chi connectivity index (χ4v) is 4.51. The molecule has 0 aliphatic carbocycles. The van der Waals surface area contributed by atoms with Crippen molar-refractivity contribution in [3.8, 4) is 28.7 Å². The molecule has 194 valence electrons. The van der Waals surface area contributed by atoms with Gasteiger partial charge in [-0.3, -0.25) is 9.69 Å². The maximum atomic E-state index is 13.0. The maximum absolute atomic E-state index is 13.0. The number of nitrogens with zero attached hydrogens (tertiary/aromatic N) is 3. The number of carbonyl (C=O) groups excluding carboxylic acids is 1. The van der Waals surface area contributed by atoms with Crippen molar-refractivity contribution in [2.24, 2.45) is 0 Å². The fourth-order valence-electron chi connectivity index (χ4n) is 4.51. The number of fused-ring (bicyclic) bond motifs is 1. The van der Waals surface area contributed by atoms with Crippen LogP contribution in [0.1, 0.15) is 16.1 Å². The first-order valence-corrected chi connectivity index (χ1v) is 12.0. The Bertz CT molecular complexity index is 1250. The molecular formula is C27H30N4O6. The Morgan fingerprint density at radius 3 is 2.35 bits per heavy atom. The summed E-state index contributed by atoms with van der Waals surface area (Å²) in [6.07, 6.45) is 0. The predicted octanol–water partition coefficient (Wildman–Crippen LogP) is 3.41. The van der Waals surface area contributed by atoms with Crippen molar-refractivity contribution in [2.45, 2.75) is 6.54 Å². The average molecular weight is 507 g/mol. The summed E-state index contributed by atoms with van der Waals surface area (Å²) in [5, 5.41) is 2.88. The minimum Gasteiger partial charge on any atom is -0.493 e. The summed E-state index contributed by atoms with van der Waals surface area (Å²) in [6, 6.07) is 14.9. The summed E-state index contributed by atoms with van der Waals surface area (Å²) < 4.78 is 27.0. The number of hydrogen-bond donors (Lipinski definition) is 1. The number of rotatable bonds is 8. The molecule has 2 aromatic carbocycles. The van der Waals surface area contributed by atoms with Crippen molar-refractivity contribution in [1.82, 2.24) is 9.88 Å². The van der Waals surface area contributed by atoms with E-state index in [1.165, 1.54) is 26.9 Å². The molecule has 10 heteroatoms. The van der Waals surface area contributed by atoms with Crippen molar-refractivity contribution in [3.63, 3.8) is 0 Å². The van der Waals surface area contributed by atoms with E-state index in [0.717, 1.165) is 50.0 Å². The molecule has 0 atom stereocenters. The normalized spacial score (nSPS) is 14.8. The van der Waals surface area contributed by atoms with Gasteiger partial charge in [0.25, 0.3) is 5.91 Å². The van der Waals surface area contributed by atoms with E-state index in [0.29, 0.717) is 28.6 Å². The highest BCUT2D eigenvalue weighted by molar-refractivity contribution is 6.03. The van der Waals surface area contributed by atoms with Crippen LogP contribution in [0.2, 0.25) is 0 Å². The highest BCUT2D eigenvalue weighted by atomic mass is 16.7. The lowest BCUT2D eigenvalue weighted by molar-refractivity contribution is 0.102. The number of amides is 1. The summed E-state index contributed by atoms with van der Waals surface area (Å²) in [5.74, 6) is 3.43. The summed E-state index contributed by atoms with van der Waals surface area (Å²) in [5.41, 5.74) is 2.04. The molecule has 0 unspecified atom stereocenters. The van der Waals surface area contributed by atoms with Crippen LogP contribution in [0.25, 0.3) is 0 Å². The number of ether oxygens (including phenoxy) is 5. The second kappa shape index (κ2) is 10.8. The van der Waals surface area contributed by atoms with Gasteiger partial charge in [-0.25, -0.2) is 4.98 Å². The van der Waals surface area contributed by atoms with Crippen LogP contribution in [0.15, 0.2) is 48.5 Å². The third-order valence-electron chi connectivity index (χ3n) is 6.43. The van der Waals surface area contributed by atoms with E-state index >= 15 is 0 Å². The summed E-state index contributed by atoms with van der Waals surface area (Å²) in [4.78, 5) is 22.2. The number of anilines is 2. The predicted molar refractivity (Wildman–Crippen MR) is 138 cm³/mol. The molecule has 37 heavy (non-hydrogen) atoms. The van der Waals surface area contributed by atoms with Gasteiger partial charge in [0.1, 0.15) is 11.5 Å². The Morgan fingerprint density at radius 1 is 0.919 bits per heavy atom. The number of aromatic nitrogens is 1. The van der Waals surface area contributed by atoms with Crippen LogP contribution >= 0.6 is 0 Å². The molecular weight excluding hydrogens is 476 g/mol. The molecule has 1 amide bonds. The Balaban J connectivity index is 1.21. The monoisotopic (exact) mass is 506 g/mol. The summed E-state index contributed by atoms with van der Waals surface area (Å²) in [7, 11) is 4.59. The van der Waals surface area contributed by atoms with Crippen LogP contribution in [0.5, 0.6) is 28.7 Å². The number of nitrogens with one attached hydrogen (secondary N) is 1. The van der Waals surface area contributed by atoms with Crippen LogP contribution < -0.4 is 33.9 Å². The SMILES string of the molecule is COc1cc(NC(=O)c2cccc(N3CCN(Cc4ccc5c(c4)OCO5)CC3)n2)cc(OC)c1OC. The first kappa shape index (κ1) is 24.5. The lowest BCUT2D eigenvalue weighted by atomic mass is 10.1. The molecule has 3 heterocycles. The van der Waals surface area contributed by atoms with Gasteiger partial charge in [0.05, 0.1) is 21.3 Å². The molecule has 1 aromatic heterocycles. The van der Waals surface area contributed by atoms with Crippen molar-refractivity contribution in [1.29, 1.82) is 0 Å². The highest BCUT2D eigenvalue weighted by Gasteiger charge is 2.21. The molecule has 1 saturated heterocycles. The number of benzene rings is 2. The lowest BCUT2D eigenvalue weighted by Gasteiger charge is -2.35. The third-order valence-corrected chi connectivity index (χ3v) is 6.43. The van der Waals surface area contributed by atoms with E-state index in [4.69, 9.17) is 23.7 Å². The van der Waals surface area contributed by atoms with Gasteiger partial charge in [-0.2, -0.15) is 0 Å². The zero-order valence-corrected chi connectivity index (χ0v) is 21.2.